The lowest BCUT2D eigenvalue weighted by Gasteiger charge is -2.36. The molecule has 22 heavy (non-hydrogen) atoms. The van der Waals surface area contributed by atoms with Crippen molar-refractivity contribution in [3.05, 3.63) is 23.3 Å². The van der Waals surface area contributed by atoms with Crippen molar-refractivity contribution in [3.63, 3.8) is 0 Å². The molecule has 3 nitrogen and oxygen atoms in total. The van der Waals surface area contributed by atoms with Gasteiger partial charge in [0.15, 0.2) is 8.32 Å². The lowest BCUT2D eigenvalue weighted by molar-refractivity contribution is -0.143. The third-order valence-corrected chi connectivity index (χ3v) is 9.57. The van der Waals surface area contributed by atoms with Gasteiger partial charge in [-0.25, -0.2) is 0 Å². The van der Waals surface area contributed by atoms with E-state index >= 15 is 0 Å². The molecule has 0 N–H and O–H groups in total. The third kappa shape index (κ3) is 4.56. The Labute approximate surface area is 136 Å². The lowest BCUT2D eigenvalue weighted by atomic mass is 9.99. The van der Waals surface area contributed by atoms with Crippen LogP contribution in [0.3, 0.4) is 0 Å². The molecule has 4 heteroatoms. The number of esters is 1. The summed E-state index contributed by atoms with van der Waals surface area (Å²) in [4.78, 5) is 11.9. The van der Waals surface area contributed by atoms with Gasteiger partial charge in [-0.2, -0.15) is 0 Å². The largest absolute Gasteiger partial charge is 0.469 e. The second-order valence-electron chi connectivity index (χ2n) is 7.49. The first-order valence-corrected chi connectivity index (χ1v) is 11.1. The van der Waals surface area contributed by atoms with Crippen LogP contribution in [-0.4, -0.2) is 28.0 Å². The van der Waals surface area contributed by atoms with E-state index in [1.807, 2.05) is 6.92 Å². The van der Waals surface area contributed by atoms with E-state index in [4.69, 9.17) is 9.16 Å². The number of hydrogen-bond acceptors (Lipinski definition) is 3. The minimum absolute atomic E-state index is 0.0935. The molecule has 1 unspecified atom stereocenters. The van der Waals surface area contributed by atoms with Crippen molar-refractivity contribution in [2.24, 2.45) is 5.92 Å². The minimum Gasteiger partial charge on any atom is -0.469 e. The summed E-state index contributed by atoms with van der Waals surface area (Å²) < 4.78 is 11.1. The van der Waals surface area contributed by atoms with E-state index < -0.39 is 8.32 Å². The number of ether oxygens (including phenoxy) is 1. The SMILES string of the molecule is C/C=C1/CCC(C(=O)OC)/C1=C/CCO[Si](C)(C)C(C)(C)C. The molecule has 1 aliphatic rings. The van der Waals surface area contributed by atoms with Gasteiger partial charge in [0.2, 0.25) is 0 Å². The Bertz CT molecular complexity index is 455. The molecule has 0 bridgehead atoms. The van der Waals surface area contributed by atoms with Crippen molar-refractivity contribution in [2.75, 3.05) is 13.7 Å². The van der Waals surface area contributed by atoms with Gasteiger partial charge in [-0.3, -0.25) is 4.79 Å². The van der Waals surface area contributed by atoms with Crippen LogP contribution in [0.4, 0.5) is 0 Å². The smallest absolute Gasteiger partial charge is 0.313 e. The number of hydrogen-bond donors (Lipinski definition) is 0. The van der Waals surface area contributed by atoms with Crippen molar-refractivity contribution in [2.45, 2.75) is 65.1 Å². The molecule has 1 atom stereocenters. The minimum atomic E-state index is -1.69. The molecule has 0 spiro atoms. The van der Waals surface area contributed by atoms with E-state index in [1.54, 1.807) is 0 Å². The number of carbonyl (C=O) groups excluding carboxylic acids is 1. The summed E-state index contributed by atoms with van der Waals surface area (Å²) in [6, 6.07) is 0. The number of allylic oxidation sites excluding steroid dienone is 2. The first-order valence-electron chi connectivity index (χ1n) is 8.21. The van der Waals surface area contributed by atoms with Crippen LogP contribution >= 0.6 is 0 Å². The lowest BCUT2D eigenvalue weighted by Crippen LogP contribution is -2.40. The van der Waals surface area contributed by atoms with Crippen LogP contribution in [0.1, 0.15) is 47.0 Å². The summed E-state index contributed by atoms with van der Waals surface area (Å²) in [5.41, 5.74) is 2.43. The first-order chi connectivity index (χ1) is 10.1. The van der Waals surface area contributed by atoms with Crippen LogP contribution in [0, 0.1) is 5.92 Å². The highest BCUT2D eigenvalue weighted by atomic mass is 28.4. The molecule has 0 aliphatic heterocycles. The summed E-state index contributed by atoms with van der Waals surface area (Å²) in [6.45, 7) is 14.0. The average molecular weight is 325 g/mol. The summed E-state index contributed by atoms with van der Waals surface area (Å²) in [5.74, 6) is -0.211. The number of methoxy groups -OCH3 is 1. The van der Waals surface area contributed by atoms with Gasteiger partial charge >= 0.3 is 5.97 Å². The van der Waals surface area contributed by atoms with Crippen molar-refractivity contribution in [1.82, 2.24) is 0 Å². The van der Waals surface area contributed by atoms with E-state index in [1.165, 1.54) is 12.7 Å². The van der Waals surface area contributed by atoms with Crippen LogP contribution in [0.15, 0.2) is 23.3 Å². The molecule has 0 saturated heterocycles. The van der Waals surface area contributed by atoms with Crippen LogP contribution in [0.25, 0.3) is 0 Å². The van der Waals surface area contributed by atoms with Crippen LogP contribution in [0.5, 0.6) is 0 Å². The van der Waals surface area contributed by atoms with Gasteiger partial charge in [-0.05, 0) is 55.5 Å². The highest BCUT2D eigenvalue weighted by Crippen LogP contribution is 2.38. The Balaban J connectivity index is 2.69. The molecular weight excluding hydrogens is 292 g/mol. The fraction of sp³-hybridized carbons (Fsp3) is 0.722. The number of carbonyl (C=O) groups is 1. The Morgan fingerprint density at radius 3 is 2.50 bits per heavy atom. The van der Waals surface area contributed by atoms with E-state index in [9.17, 15) is 4.79 Å². The van der Waals surface area contributed by atoms with Gasteiger partial charge in [-0.1, -0.05) is 32.9 Å². The molecule has 0 aromatic carbocycles. The van der Waals surface area contributed by atoms with Gasteiger partial charge in [0.05, 0.1) is 13.0 Å². The quantitative estimate of drug-likeness (QED) is 0.412. The molecule has 1 saturated carbocycles. The Hall–Kier alpha value is -0.873. The topological polar surface area (TPSA) is 35.5 Å². The molecule has 0 heterocycles. The third-order valence-electron chi connectivity index (χ3n) is 5.03. The van der Waals surface area contributed by atoms with Gasteiger partial charge in [0, 0.05) is 6.61 Å². The van der Waals surface area contributed by atoms with Crippen LogP contribution in [-0.2, 0) is 14.0 Å². The van der Waals surface area contributed by atoms with Crippen molar-refractivity contribution < 1.29 is 14.0 Å². The zero-order valence-corrected chi connectivity index (χ0v) is 16.3. The van der Waals surface area contributed by atoms with E-state index in [0.717, 1.165) is 31.4 Å². The fourth-order valence-corrected chi connectivity index (χ4v) is 3.60. The highest BCUT2D eigenvalue weighted by Gasteiger charge is 2.37. The zero-order valence-electron chi connectivity index (χ0n) is 15.3. The maximum atomic E-state index is 11.9. The summed E-state index contributed by atoms with van der Waals surface area (Å²) in [6.07, 6.45) is 6.97. The van der Waals surface area contributed by atoms with Crippen LogP contribution < -0.4 is 0 Å². The van der Waals surface area contributed by atoms with Gasteiger partial charge in [-0.15, -0.1) is 0 Å². The molecule has 1 aliphatic carbocycles. The Kier molecular flexibility index (Phi) is 6.62. The predicted molar refractivity (Wildman–Crippen MR) is 94.3 cm³/mol. The van der Waals surface area contributed by atoms with E-state index in [0.29, 0.717) is 0 Å². The normalized spacial score (nSPS) is 23.3. The highest BCUT2D eigenvalue weighted by molar-refractivity contribution is 6.74. The van der Waals surface area contributed by atoms with Crippen LogP contribution in [0.2, 0.25) is 18.1 Å². The molecule has 0 radical (unpaired) electrons. The maximum Gasteiger partial charge on any atom is 0.313 e. The first kappa shape index (κ1) is 19.2. The molecule has 0 aromatic rings. The summed E-state index contributed by atoms with van der Waals surface area (Å²) in [5, 5.41) is 0.233. The maximum absolute atomic E-state index is 11.9. The Morgan fingerprint density at radius 1 is 1.36 bits per heavy atom. The average Bonchev–Trinajstić information content (AvgIpc) is 2.84. The van der Waals surface area contributed by atoms with Crippen molar-refractivity contribution in [1.29, 1.82) is 0 Å². The zero-order chi connectivity index (χ0) is 17.0. The Morgan fingerprint density at radius 2 is 2.00 bits per heavy atom. The monoisotopic (exact) mass is 324 g/mol. The van der Waals surface area contributed by atoms with Crippen molar-refractivity contribution in [3.8, 4) is 0 Å². The second-order valence-corrected chi connectivity index (χ2v) is 12.3. The molecular formula is C18H32O3Si. The van der Waals surface area contributed by atoms with Gasteiger partial charge in [0.25, 0.3) is 0 Å². The van der Waals surface area contributed by atoms with Crippen molar-refractivity contribution >= 4 is 14.3 Å². The second kappa shape index (κ2) is 7.60. The van der Waals surface area contributed by atoms with Gasteiger partial charge in [0.1, 0.15) is 0 Å². The molecule has 1 fully saturated rings. The predicted octanol–water partition coefficient (Wildman–Crippen LogP) is 4.85. The summed E-state index contributed by atoms with van der Waals surface area (Å²) in [7, 11) is -0.222. The standard InChI is InChI=1S/C18H32O3Si/c1-8-14-11-12-16(17(19)20-5)15(14)10-9-13-21-22(6,7)18(2,3)4/h8,10,16H,9,11-13H2,1-7H3/b14-8-,15-10+. The number of rotatable bonds is 5. The molecule has 0 amide bonds. The fourth-order valence-electron chi connectivity index (χ4n) is 2.54. The van der Waals surface area contributed by atoms with E-state index in [-0.39, 0.29) is 16.9 Å². The molecule has 126 valence electrons. The van der Waals surface area contributed by atoms with E-state index in [2.05, 4.69) is 46.0 Å². The summed E-state index contributed by atoms with van der Waals surface area (Å²) >= 11 is 0. The molecule has 1 rings (SSSR count). The molecule has 0 aromatic heterocycles. The van der Waals surface area contributed by atoms with Gasteiger partial charge < -0.3 is 9.16 Å².